The highest BCUT2D eigenvalue weighted by molar-refractivity contribution is 9.10. The number of nitrogens with one attached hydrogen (secondary N) is 1. The van der Waals surface area contributed by atoms with E-state index in [4.69, 9.17) is 4.74 Å². The summed E-state index contributed by atoms with van der Waals surface area (Å²) in [5.41, 5.74) is 1.17. The summed E-state index contributed by atoms with van der Waals surface area (Å²) in [5, 5.41) is 3.66. The Morgan fingerprint density at radius 3 is 2.80 bits per heavy atom. The molecular weight excluding hydrogens is 321 g/mol. The molecule has 2 nitrogen and oxygen atoms in total. The van der Waals surface area contributed by atoms with Gasteiger partial charge in [0.15, 0.2) is 0 Å². The Morgan fingerprint density at radius 2 is 2.15 bits per heavy atom. The van der Waals surface area contributed by atoms with Gasteiger partial charge in [-0.3, -0.25) is 0 Å². The molecule has 2 rings (SSSR count). The minimum absolute atomic E-state index is 0.190. The zero-order valence-electron chi connectivity index (χ0n) is 12.0. The molecule has 0 spiro atoms. The van der Waals surface area contributed by atoms with Gasteiger partial charge in [0.25, 0.3) is 0 Å². The number of hydrogen-bond donors (Lipinski definition) is 1. The zero-order chi connectivity index (χ0) is 14.4. The maximum atomic E-state index is 13.2. The summed E-state index contributed by atoms with van der Waals surface area (Å²) in [6, 6.07) is 5.43. The molecule has 0 bridgehead atoms. The molecule has 1 aliphatic rings. The predicted octanol–water partition coefficient (Wildman–Crippen LogP) is 3.93. The van der Waals surface area contributed by atoms with Gasteiger partial charge in [-0.25, -0.2) is 4.39 Å². The van der Waals surface area contributed by atoms with E-state index in [9.17, 15) is 4.39 Å². The molecule has 4 heteroatoms. The highest BCUT2D eigenvalue weighted by Gasteiger charge is 2.24. The fourth-order valence-electron chi connectivity index (χ4n) is 2.78. The van der Waals surface area contributed by atoms with Crippen molar-refractivity contribution in [1.29, 1.82) is 0 Å². The Kier molecular flexibility index (Phi) is 6.46. The highest BCUT2D eigenvalue weighted by atomic mass is 79.9. The van der Waals surface area contributed by atoms with Gasteiger partial charge in [-0.15, -0.1) is 0 Å². The standard InChI is InChI=1S/C16H23BrFNO/c1-2-7-19-16(12-5-8-20-9-6-12)10-13-3-4-14(18)11-15(13)17/h3-4,11-12,16,19H,2,5-10H2,1H3. The van der Waals surface area contributed by atoms with Gasteiger partial charge >= 0.3 is 0 Å². The maximum Gasteiger partial charge on any atom is 0.124 e. The smallest absolute Gasteiger partial charge is 0.124 e. The van der Waals surface area contributed by atoms with Crippen molar-refractivity contribution in [3.8, 4) is 0 Å². The molecule has 0 saturated carbocycles. The first-order valence-corrected chi connectivity index (χ1v) is 8.25. The lowest BCUT2D eigenvalue weighted by Gasteiger charge is -2.31. The summed E-state index contributed by atoms with van der Waals surface area (Å²) >= 11 is 3.48. The van der Waals surface area contributed by atoms with Gasteiger partial charge in [-0.2, -0.15) is 0 Å². The van der Waals surface area contributed by atoms with E-state index in [0.29, 0.717) is 12.0 Å². The third-order valence-electron chi connectivity index (χ3n) is 3.95. The van der Waals surface area contributed by atoms with E-state index in [1.165, 1.54) is 5.56 Å². The van der Waals surface area contributed by atoms with Crippen molar-refractivity contribution in [2.45, 2.75) is 38.6 Å². The third kappa shape index (κ3) is 4.54. The molecule has 0 aliphatic carbocycles. The zero-order valence-corrected chi connectivity index (χ0v) is 13.6. The van der Waals surface area contributed by atoms with Crippen LogP contribution in [0.2, 0.25) is 0 Å². The van der Waals surface area contributed by atoms with Crippen LogP contribution in [-0.2, 0) is 11.2 Å². The van der Waals surface area contributed by atoms with Crippen LogP contribution in [0.3, 0.4) is 0 Å². The van der Waals surface area contributed by atoms with Crippen LogP contribution in [0.1, 0.15) is 31.7 Å². The lowest BCUT2D eigenvalue weighted by molar-refractivity contribution is 0.0537. The third-order valence-corrected chi connectivity index (χ3v) is 4.68. The van der Waals surface area contributed by atoms with Crippen LogP contribution in [-0.4, -0.2) is 25.8 Å². The number of rotatable bonds is 6. The van der Waals surface area contributed by atoms with Crippen LogP contribution in [0.4, 0.5) is 4.39 Å². The summed E-state index contributed by atoms with van der Waals surface area (Å²) in [4.78, 5) is 0. The largest absolute Gasteiger partial charge is 0.381 e. The van der Waals surface area contributed by atoms with Crippen molar-refractivity contribution in [2.75, 3.05) is 19.8 Å². The van der Waals surface area contributed by atoms with Crippen molar-refractivity contribution in [2.24, 2.45) is 5.92 Å². The van der Waals surface area contributed by atoms with Crippen LogP contribution in [0.25, 0.3) is 0 Å². The second kappa shape index (κ2) is 8.11. The Hall–Kier alpha value is -0.450. The number of ether oxygens (including phenoxy) is 1. The van der Waals surface area contributed by atoms with Crippen molar-refractivity contribution in [1.82, 2.24) is 5.32 Å². The predicted molar refractivity (Wildman–Crippen MR) is 83.4 cm³/mol. The molecule has 0 aromatic heterocycles. The van der Waals surface area contributed by atoms with Gasteiger partial charge in [0.2, 0.25) is 0 Å². The van der Waals surface area contributed by atoms with Gasteiger partial charge in [0, 0.05) is 23.7 Å². The molecule has 1 heterocycles. The summed E-state index contributed by atoms with van der Waals surface area (Å²) in [6.45, 7) is 4.93. The topological polar surface area (TPSA) is 21.3 Å². The van der Waals surface area contributed by atoms with Crippen LogP contribution >= 0.6 is 15.9 Å². The van der Waals surface area contributed by atoms with Crippen molar-refractivity contribution < 1.29 is 9.13 Å². The second-order valence-corrected chi connectivity index (χ2v) is 6.30. The molecule has 1 unspecified atom stereocenters. The summed E-state index contributed by atoms with van der Waals surface area (Å²) in [6.07, 6.45) is 4.29. The normalized spacial score (nSPS) is 18.1. The molecule has 1 fully saturated rings. The molecule has 1 saturated heterocycles. The first-order valence-electron chi connectivity index (χ1n) is 7.45. The average Bonchev–Trinajstić information content (AvgIpc) is 2.46. The number of hydrogen-bond acceptors (Lipinski definition) is 2. The van der Waals surface area contributed by atoms with E-state index in [0.717, 1.165) is 49.9 Å². The minimum atomic E-state index is -0.190. The molecular formula is C16H23BrFNO. The van der Waals surface area contributed by atoms with E-state index in [-0.39, 0.29) is 5.82 Å². The molecule has 1 N–H and O–H groups in total. The van der Waals surface area contributed by atoms with Gasteiger partial charge in [0.1, 0.15) is 5.82 Å². The molecule has 0 amide bonds. The van der Waals surface area contributed by atoms with E-state index >= 15 is 0 Å². The van der Waals surface area contributed by atoms with Crippen molar-refractivity contribution in [3.63, 3.8) is 0 Å². The minimum Gasteiger partial charge on any atom is -0.381 e. The second-order valence-electron chi connectivity index (χ2n) is 5.45. The number of benzene rings is 1. The molecule has 1 atom stereocenters. The Bertz CT molecular complexity index is 421. The molecule has 1 aromatic carbocycles. The SMILES string of the molecule is CCCNC(Cc1ccc(F)cc1Br)C1CCOCC1. The number of halogens is 2. The monoisotopic (exact) mass is 343 g/mol. The lowest BCUT2D eigenvalue weighted by Crippen LogP contribution is -2.41. The van der Waals surface area contributed by atoms with Crippen LogP contribution in [0.5, 0.6) is 0 Å². The molecule has 0 radical (unpaired) electrons. The molecule has 1 aliphatic heterocycles. The van der Waals surface area contributed by atoms with Crippen LogP contribution in [0.15, 0.2) is 22.7 Å². The van der Waals surface area contributed by atoms with E-state index < -0.39 is 0 Å². The fourth-order valence-corrected chi connectivity index (χ4v) is 3.29. The quantitative estimate of drug-likeness (QED) is 0.844. The van der Waals surface area contributed by atoms with E-state index in [1.54, 1.807) is 12.1 Å². The van der Waals surface area contributed by atoms with Gasteiger partial charge < -0.3 is 10.1 Å². The Balaban J connectivity index is 2.05. The van der Waals surface area contributed by atoms with Crippen LogP contribution in [0, 0.1) is 11.7 Å². The van der Waals surface area contributed by atoms with Crippen molar-refractivity contribution in [3.05, 3.63) is 34.1 Å². The lowest BCUT2D eigenvalue weighted by atomic mass is 9.87. The molecule has 20 heavy (non-hydrogen) atoms. The van der Waals surface area contributed by atoms with Crippen LogP contribution < -0.4 is 5.32 Å². The molecule has 1 aromatic rings. The van der Waals surface area contributed by atoms with Gasteiger partial charge in [0.05, 0.1) is 0 Å². The fraction of sp³-hybridized carbons (Fsp3) is 0.625. The van der Waals surface area contributed by atoms with Gasteiger partial charge in [-0.05, 0) is 55.8 Å². The Morgan fingerprint density at radius 1 is 1.40 bits per heavy atom. The molecule has 112 valence electrons. The first-order chi connectivity index (χ1) is 9.70. The highest BCUT2D eigenvalue weighted by Crippen LogP contribution is 2.25. The summed E-state index contributed by atoms with van der Waals surface area (Å²) < 4.78 is 19.5. The average molecular weight is 344 g/mol. The van der Waals surface area contributed by atoms with E-state index in [1.807, 2.05) is 6.07 Å². The summed E-state index contributed by atoms with van der Waals surface area (Å²) in [7, 11) is 0. The maximum absolute atomic E-state index is 13.2. The Labute approximate surface area is 129 Å². The van der Waals surface area contributed by atoms with Gasteiger partial charge in [-0.1, -0.05) is 28.9 Å². The van der Waals surface area contributed by atoms with Crippen molar-refractivity contribution >= 4 is 15.9 Å². The first kappa shape index (κ1) is 15.9. The summed E-state index contributed by atoms with van der Waals surface area (Å²) in [5.74, 6) is 0.456. The van der Waals surface area contributed by atoms with E-state index in [2.05, 4.69) is 28.2 Å².